The van der Waals surface area contributed by atoms with Crippen molar-refractivity contribution in [1.29, 1.82) is 0 Å². The molecule has 0 aromatic rings. The molecule has 1 nitrogen and oxygen atoms in total. The molecule has 0 bridgehead atoms. The standard InChI is InChI=1S/C11H18N.I3.Ti/c1-3-12(4-2)10-9-11-7-5-6-8-11;1-3-2;/h5,7H,3-4,6,9-10H2,1-2H3;;/q;-1;. The van der Waals surface area contributed by atoms with Crippen molar-refractivity contribution in [3.8, 4) is 0 Å². The monoisotopic (exact) mass is 593 g/mol. The third-order valence-electron chi connectivity index (χ3n) is 2.62. The number of hydrogen-bond acceptors (Lipinski definition) is 1. The number of allylic oxidation sites excluding steroid dienone is 3. The van der Waals surface area contributed by atoms with Crippen molar-refractivity contribution in [2.75, 3.05) is 19.6 Å². The molecule has 0 amide bonds. The van der Waals surface area contributed by atoms with E-state index in [0.29, 0.717) is 13.3 Å². The second-order valence-electron chi connectivity index (χ2n) is 3.44. The SMILES string of the molecule is CCN(CC)CCC1=[C]([Ti])CC=C1.I[I-]I. The van der Waals surface area contributed by atoms with Crippen LogP contribution in [0.3, 0.4) is 0 Å². The zero-order chi connectivity index (χ0) is 12.4. The van der Waals surface area contributed by atoms with Gasteiger partial charge in [-0.05, 0) is 0 Å². The number of rotatable bonds is 5. The quantitative estimate of drug-likeness (QED) is 0.343. The summed E-state index contributed by atoms with van der Waals surface area (Å²) in [6.07, 6.45) is 6.96. The Balaban J connectivity index is 0.000000673. The topological polar surface area (TPSA) is 3.24 Å². The van der Waals surface area contributed by atoms with Crippen LogP contribution >= 0.6 is 37.2 Å². The van der Waals surface area contributed by atoms with Crippen LogP contribution in [-0.2, 0) is 20.4 Å². The van der Waals surface area contributed by atoms with Crippen molar-refractivity contribution in [3.63, 3.8) is 0 Å². The van der Waals surface area contributed by atoms with E-state index in [9.17, 15) is 0 Å². The molecule has 0 saturated carbocycles. The molecule has 0 aromatic carbocycles. The molecular formula is C11H18I3NTi-. The zero-order valence-electron chi connectivity index (χ0n) is 9.77. The molecule has 16 heavy (non-hydrogen) atoms. The molecule has 0 radical (unpaired) electrons. The summed E-state index contributed by atoms with van der Waals surface area (Å²) in [6, 6.07) is 0. The van der Waals surface area contributed by atoms with E-state index in [-0.39, 0.29) is 0 Å². The first-order valence-corrected chi connectivity index (χ1v) is 18.7. The van der Waals surface area contributed by atoms with Crippen molar-refractivity contribution in [1.82, 2.24) is 4.90 Å². The fourth-order valence-corrected chi connectivity index (χ4v) is 2.11. The number of halogens is 3. The fourth-order valence-electron chi connectivity index (χ4n) is 1.60. The summed E-state index contributed by atoms with van der Waals surface area (Å²) in [7, 11) is 0. The van der Waals surface area contributed by atoms with Gasteiger partial charge in [0.2, 0.25) is 0 Å². The normalized spacial score (nSPS) is 14.5. The molecule has 1 aliphatic rings. The molecule has 0 spiro atoms. The van der Waals surface area contributed by atoms with Crippen LogP contribution in [0.4, 0.5) is 0 Å². The summed E-state index contributed by atoms with van der Waals surface area (Å²) in [5, 5.41) is 0. The van der Waals surface area contributed by atoms with Crippen molar-refractivity contribution in [2.45, 2.75) is 26.7 Å². The van der Waals surface area contributed by atoms with E-state index in [1.54, 1.807) is 9.45 Å². The van der Waals surface area contributed by atoms with Crippen LogP contribution in [0.1, 0.15) is 26.7 Å². The van der Waals surface area contributed by atoms with Crippen LogP contribution in [0.15, 0.2) is 21.6 Å². The van der Waals surface area contributed by atoms with Gasteiger partial charge < -0.3 is 0 Å². The molecule has 93 valence electrons. The number of nitrogens with zero attached hydrogens (tertiary/aromatic N) is 1. The van der Waals surface area contributed by atoms with Crippen LogP contribution in [0.5, 0.6) is 0 Å². The van der Waals surface area contributed by atoms with Crippen LogP contribution in [0.25, 0.3) is 0 Å². The van der Waals surface area contributed by atoms with Crippen LogP contribution in [0.2, 0.25) is 0 Å². The molecule has 0 aromatic heterocycles. The van der Waals surface area contributed by atoms with Crippen molar-refractivity contribution in [2.24, 2.45) is 0 Å². The molecule has 0 heterocycles. The molecule has 0 aliphatic heterocycles. The average Bonchev–Trinajstić information content (AvgIpc) is 2.67. The minimum absolute atomic E-state index is 0.530. The van der Waals surface area contributed by atoms with Gasteiger partial charge >= 0.3 is 144 Å². The molecule has 0 saturated heterocycles. The van der Waals surface area contributed by atoms with Crippen molar-refractivity contribution >= 4 is 37.2 Å². The summed E-state index contributed by atoms with van der Waals surface area (Å²) in [6.45, 7) is 8.02. The van der Waals surface area contributed by atoms with E-state index in [4.69, 9.17) is 0 Å². The molecule has 0 fully saturated rings. The molecule has 1 aliphatic carbocycles. The van der Waals surface area contributed by atoms with Gasteiger partial charge in [0.25, 0.3) is 0 Å². The predicted molar refractivity (Wildman–Crippen MR) is 81.2 cm³/mol. The van der Waals surface area contributed by atoms with E-state index in [1.807, 2.05) is 0 Å². The second kappa shape index (κ2) is 12.4. The van der Waals surface area contributed by atoms with Gasteiger partial charge in [-0.3, -0.25) is 0 Å². The van der Waals surface area contributed by atoms with Crippen molar-refractivity contribution < 1.29 is 33.7 Å². The first kappa shape index (κ1) is 18.3. The van der Waals surface area contributed by atoms with Crippen LogP contribution in [-0.4, -0.2) is 24.5 Å². The molecule has 1 rings (SSSR count). The van der Waals surface area contributed by atoms with Gasteiger partial charge in [-0.2, -0.15) is 0 Å². The molecule has 0 atom stereocenters. The van der Waals surface area contributed by atoms with Gasteiger partial charge in [0.1, 0.15) is 0 Å². The van der Waals surface area contributed by atoms with Gasteiger partial charge in [0, 0.05) is 0 Å². The first-order valence-electron chi connectivity index (χ1n) is 5.39. The maximum absolute atomic E-state index is 2.48. The van der Waals surface area contributed by atoms with Gasteiger partial charge in [0.15, 0.2) is 0 Å². The fraction of sp³-hybridized carbons (Fsp3) is 0.636. The summed E-state index contributed by atoms with van der Waals surface area (Å²) in [5.74, 6) is 0. The Hall–Kier alpha value is 2.34. The Morgan fingerprint density at radius 3 is 2.31 bits per heavy atom. The third-order valence-corrected chi connectivity index (χ3v) is 3.44. The van der Waals surface area contributed by atoms with Crippen LogP contribution < -0.4 is 13.3 Å². The van der Waals surface area contributed by atoms with Crippen molar-refractivity contribution in [3.05, 3.63) is 21.6 Å². The van der Waals surface area contributed by atoms with Gasteiger partial charge in [0.05, 0.1) is 0 Å². The second-order valence-corrected chi connectivity index (χ2v) is 20.6. The summed E-state index contributed by atoms with van der Waals surface area (Å²) in [4.78, 5) is 2.48. The van der Waals surface area contributed by atoms with E-state index in [0.717, 1.165) is 0 Å². The molecule has 0 unspecified atom stereocenters. The van der Waals surface area contributed by atoms with E-state index in [1.165, 1.54) is 32.5 Å². The summed E-state index contributed by atoms with van der Waals surface area (Å²) in [5.41, 5.74) is 1.56. The van der Waals surface area contributed by atoms with Crippen LogP contribution in [0, 0.1) is 0 Å². The van der Waals surface area contributed by atoms with E-state index >= 15 is 0 Å². The Bertz CT molecular complexity index is 237. The van der Waals surface area contributed by atoms with Gasteiger partial charge in [-0.15, -0.1) is 0 Å². The Morgan fingerprint density at radius 2 is 1.94 bits per heavy atom. The summed E-state index contributed by atoms with van der Waals surface area (Å²) >= 11 is 7.55. The Morgan fingerprint density at radius 1 is 1.38 bits per heavy atom. The molecule has 0 N–H and O–H groups in total. The van der Waals surface area contributed by atoms with Gasteiger partial charge in [-0.1, -0.05) is 0 Å². The third kappa shape index (κ3) is 8.45. The minimum atomic E-state index is 0.530. The first-order chi connectivity index (χ1) is 7.69. The summed E-state index contributed by atoms with van der Waals surface area (Å²) < 4.78 is 1.56. The number of hydrogen-bond donors (Lipinski definition) is 0. The predicted octanol–water partition coefficient (Wildman–Crippen LogP) is 1.25. The molecule has 5 heteroatoms. The van der Waals surface area contributed by atoms with E-state index < -0.39 is 0 Å². The van der Waals surface area contributed by atoms with E-state index in [2.05, 4.69) is 88.6 Å². The zero-order valence-corrected chi connectivity index (χ0v) is 17.8. The van der Waals surface area contributed by atoms with Gasteiger partial charge in [-0.25, -0.2) is 0 Å². The Kier molecular flexibility index (Phi) is 14.2. The molecular weight excluding hydrogens is 575 g/mol. The maximum atomic E-state index is 2.48. The average molecular weight is 593 g/mol. The Labute approximate surface area is 141 Å².